The number of carbonyl (C=O) groups excluding carboxylic acids is 1. The Labute approximate surface area is 160 Å². The molecular formula is C21H27N3O3. The molecule has 0 aliphatic carbocycles. The van der Waals surface area contributed by atoms with Gasteiger partial charge in [0.15, 0.2) is 0 Å². The standard InChI is InChI=1S/C21H27N3O3/c1-3-18-14-24(13-17-11-19(26-2)6-7-20(17)27-18)15-21(25)23-10-8-16-5-4-9-22-12-16/h4-7,9,11-12,18H,3,8,10,13-15H2,1-2H3,(H,23,25). The predicted molar refractivity (Wildman–Crippen MR) is 104 cm³/mol. The first-order valence-corrected chi connectivity index (χ1v) is 9.39. The molecule has 1 N–H and O–H groups in total. The molecule has 1 unspecified atom stereocenters. The van der Waals surface area contributed by atoms with Gasteiger partial charge < -0.3 is 14.8 Å². The van der Waals surface area contributed by atoms with Crippen LogP contribution in [0.2, 0.25) is 0 Å². The highest BCUT2D eigenvalue weighted by Crippen LogP contribution is 2.29. The van der Waals surface area contributed by atoms with Crippen LogP contribution in [0, 0.1) is 0 Å². The molecule has 0 saturated carbocycles. The van der Waals surface area contributed by atoms with E-state index >= 15 is 0 Å². The summed E-state index contributed by atoms with van der Waals surface area (Å²) in [5.41, 5.74) is 2.17. The van der Waals surface area contributed by atoms with Crippen LogP contribution >= 0.6 is 0 Å². The van der Waals surface area contributed by atoms with Gasteiger partial charge in [-0.05, 0) is 42.7 Å². The Morgan fingerprint density at radius 3 is 3.04 bits per heavy atom. The van der Waals surface area contributed by atoms with Gasteiger partial charge in [0.2, 0.25) is 5.91 Å². The molecule has 0 radical (unpaired) electrons. The maximum absolute atomic E-state index is 12.4. The van der Waals surface area contributed by atoms with Gasteiger partial charge in [-0.25, -0.2) is 0 Å². The molecule has 0 fully saturated rings. The number of methoxy groups -OCH3 is 1. The lowest BCUT2D eigenvalue weighted by Gasteiger charge is -2.22. The maximum atomic E-state index is 12.4. The van der Waals surface area contributed by atoms with E-state index in [4.69, 9.17) is 9.47 Å². The van der Waals surface area contributed by atoms with E-state index in [1.807, 2.05) is 36.5 Å². The SMILES string of the molecule is CCC1CN(CC(=O)NCCc2cccnc2)Cc2cc(OC)ccc2O1. The summed E-state index contributed by atoms with van der Waals surface area (Å²) in [6, 6.07) is 9.77. The van der Waals surface area contributed by atoms with E-state index in [2.05, 4.69) is 22.1 Å². The van der Waals surface area contributed by atoms with Gasteiger partial charge in [-0.2, -0.15) is 0 Å². The predicted octanol–water partition coefficient (Wildman–Crippen LogP) is 2.42. The fourth-order valence-electron chi connectivity index (χ4n) is 3.22. The normalized spacial score (nSPS) is 16.7. The van der Waals surface area contributed by atoms with Gasteiger partial charge in [0.1, 0.15) is 17.6 Å². The average Bonchev–Trinajstić information content (AvgIpc) is 2.86. The molecule has 0 saturated heterocycles. The first kappa shape index (κ1) is 19.2. The molecule has 3 rings (SSSR count). The Kier molecular flexibility index (Phi) is 6.65. The number of aromatic nitrogens is 1. The van der Waals surface area contributed by atoms with Crippen molar-refractivity contribution in [3.63, 3.8) is 0 Å². The molecule has 1 atom stereocenters. The van der Waals surface area contributed by atoms with Crippen LogP contribution in [0.15, 0.2) is 42.7 Å². The molecule has 0 spiro atoms. The van der Waals surface area contributed by atoms with E-state index in [9.17, 15) is 4.79 Å². The van der Waals surface area contributed by atoms with Crippen molar-refractivity contribution >= 4 is 5.91 Å². The summed E-state index contributed by atoms with van der Waals surface area (Å²) < 4.78 is 11.4. The van der Waals surface area contributed by atoms with Gasteiger partial charge in [-0.1, -0.05) is 13.0 Å². The number of amides is 1. The second-order valence-corrected chi connectivity index (χ2v) is 6.75. The molecule has 1 amide bonds. The van der Waals surface area contributed by atoms with Crippen molar-refractivity contribution in [3.05, 3.63) is 53.9 Å². The molecule has 1 aliphatic heterocycles. The van der Waals surface area contributed by atoms with E-state index in [0.717, 1.165) is 42.0 Å². The van der Waals surface area contributed by atoms with Gasteiger partial charge in [0, 0.05) is 37.6 Å². The summed E-state index contributed by atoms with van der Waals surface area (Å²) in [5, 5.41) is 3.00. The minimum absolute atomic E-state index is 0.0279. The van der Waals surface area contributed by atoms with Crippen LogP contribution < -0.4 is 14.8 Å². The molecule has 1 aliphatic rings. The number of pyridine rings is 1. The third-order valence-electron chi connectivity index (χ3n) is 4.70. The van der Waals surface area contributed by atoms with Crippen molar-refractivity contribution in [1.82, 2.24) is 15.2 Å². The van der Waals surface area contributed by atoms with Crippen LogP contribution in [0.4, 0.5) is 0 Å². The Balaban J connectivity index is 1.58. The molecule has 1 aromatic carbocycles. The molecule has 0 bridgehead atoms. The van der Waals surface area contributed by atoms with Gasteiger partial charge in [-0.15, -0.1) is 0 Å². The Morgan fingerprint density at radius 1 is 1.41 bits per heavy atom. The summed E-state index contributed by atoms with van der Waals surface area (Å²) in [4.78, 5) is 18.6. The zero-order valence-electron chi connectivity index (χ0n) is 16.0. The third kappa shape index (κ3) is 5.44. The second kappa shape index (κ2) is 9.37. The van der Waals surface area contributed by atoms with Crippen molar-refractivity contribution in [2.75, 3.05) is 26.7 Å². The number of nitrogens with zero attached hydrogens (tertiary/aromatic N) is 2. The summed E-state index contributed by atoms with van der Waals surface area (Å²) in [5.74, 6) is 1.70. The lowest BCUT2D eigenvalue weighted by molar-refractivity contribution is -0.122. The van der Waals surface area contributed by atoms with Crippen molar-refractivity contribution in [3.8, 4) is 11.5 Å². The average molecular weight is 369 g/mol. The number of rotatable bonds is 7. The fourth-order valence-corrected chi connectivity index (χ4v) is 3.22. The maximum Gasteiger partial charge on any atom is 0.234 e. The van der Waals surface area contributed by atoms with Gasteiger partial charge in [0.05, 0.1) is 13.7 Å². The Hall–Kier alpha value is -2.60. The molecular weight excluding hydrogens is 342 g/mol. The molecule has 2 heterocycles. The Bertz CT molecular complexity index is 752. The van der Waals surface area contributed by atoms with Gasteiger partial charge in [0.25, 0.3) is 0 Å². The number of hydrogen-bond acceptors (Lipinski definition) is 5. The zero-order valence-corrected chi connectivity index (χ0v) is 16.0. The molecule has 27 heavy (non-hydrogen) atoms. The van der Waals surface area contributed by atoms with Gasteiger partial charge in [-0.3, -0.25) is 14.7 Å². The van der Waals surface area contributed by atoms with Crippen molar-refractivity contribution in [2.24, 2.45) is 0 Å². The summed E-state index contributed by atoms with van der Waals surface area (Å²) >= 11 is 0. The highest BCUT2D eigenvalue weighted by Gasteiger charge is 2.23. The lowest BCUT2D eigenvalue weighted by atomic mass is 10.1. The minimum atomic E-state index is 0.0279. The smallest absolute Gasteiger partial charge is 0.234 e. The van der Waals surface area contributed by atoms with Crippen molar-refractivity contribution in [1.29, 1.82) is 0 Å². The van der Waals surface area contributed by atoms with Crippen LogP contribution in [0.25, 0.3) is 0 Å². The topological polar surface area (TPSA) is 63.7 Å². The molecule has 6 heteroatoms. The lowest BCUT2D eigenvalue weighted by Crippen LogP contribution is -2.40. The van der Waals surface area contributed by atoms with Crippen LogP contribution in [-0.2, 0) is 17.8 Å². The molecule has 6 nitrogen and oxygen atoms in total. The van der Waals surface area contributed by atoms with E-state index in [-0.39, 0.29) is 12.0 Å². The summed E-state index contributed by atoms with van der Waals surface area (Å²) in [7, 11) is 1.65. The van der Waals surface area contributed by atoms with Crippen LogP contribution in [-0.4, -0.2) is 48.6 Å². The first-order chi connectivity index (χ1) is 13.2. The van der Waals surface area contributed by atoms with E-state index in [0.29, 0.717) is 19.6 Å². The van der Waals surface area contributed by atoms with E-state index < -0.39 is 0 Å². The zero-order chi connectivity index (χ0) is 19.1. The molecule has 1 aromatic heterocycles. The highest BCUT2D eigenvalue weighted by molar-refractivity contribution is 5.78. The van der Waals surface area contributed by atoms with Crippen molar-refractivity contribution in [2.45, 2.75) is 32.4 Å². The highest BCUT2D eigenvalue weighted by atomic mass is 16.5. The number of ether oxygens (including phenoxy) is 2. The van der Waals surface area contributed by atoms with Crippen LogP contribution in [0.5, 0.6) is 11.5 Å². The number of hydrogen-bond donors (Lipinski definition) is 1. The third-order valence-corrected chi connectivity index (χ3v) is 4.70. The second-order valence-electron chi connectivity index (χ2n) is 6.75. The van der Waals surface area contributed by atoms with Crippen LogP contribution in [0.3, 0.4) is 0 Å². The minimum Gasteiger partial charge on any atom is -0.497 e. The number of carbonyl (C=O) groups is 1. The summed E-state index contributed by atoms with van der Waals surface area (Å²) in [6.07, 6.45) is 5.32. The van der Waals surface area contributed by atoms with E-state index in [1.54, 1.807) is 13.3 Å². The number of fused-ring (bicyclic) bond motifs is 1. The van der Waals surface area contributed by atoms with E-state index in [1.165, 1.54) is 0 Å². The number of nitrogens with one attached hydrogen (secondary N) is 1. The van der Waals surface area contributed by atoms with Crippen LogP contribution in [0.1, 0.15) is 24.5 Å². The summed E-state index contributed by atoms with van der Waals surface area (Å²) in [6.45, 7) is 4.45. The largest absolute Gasteiger partial charge is 0.497 e. The fraction of sp³-hybridized carbons (Fsp3) is 0.429. The van der Waals surface area contributed by atoms with Gasteiger partial charge >= 0.3 is 0 Å². The number of benzene rings is 1. The first-order valence-electron chi connectivity index (χ1n) is 9.39. The Morgan fingerprint density at radius 2 is 2.30 bits per heavy atom. The quantitative estimate of drug-likeness (QED) is 0.812. The van der Waals surface area contributed by atoms with Crippen molar-refractivity contribution < 1.29 is 14.3 Å². The molecule has 2 aromatic rings. The monoisotopic (exact) mass is 369 g/mol. The molecule has 144 valence electrons.